The number of methoxy groups -OCH3 is 2. The standard InChI is InChI=1S/C23H30O5.C23H30O4.2CO2/c1-13-7-8-22-17(19(13,4)5)16(18(25)26-6)20-11-14(2)21(12-20,27-15(3)24)9-10-23(20,22)28-22;1-13-7-8-16-17-9-10-23(27-15(3)24)12-22(17,11-14(23)2)19(20(25)26-6)18(16)21(13,4)5;2*2-1-3/h7-8,13,16-17H,2,9-12H2,1,3-6H3;7-8,13,18-19H,2,9-12H2,1,3-6H3;;/t13-,16+,17+,20+,21-,22-,23+;13-,18+,19+,22-,23-;;/m00../s1. The summed E-state index contributed by atoms with van der Waals surface area (Å²) in [5.74, 6) is -0.547. The lowest BCUT2D eigenvalue weighted by Crippen LogP contribution is -2.51. The number of allylic oxidation sites excluding steroid dienone is 5. The topological polar surface area (TPSA) is 186 Å². The highest BCUT2D eigenvalue weighted by molar-refractivity contribution is 5.80. The minimum Gasteiger partial charge on any atom is -0.469 e. The second-order valence-electron chi connectivity index (χ2n) is 20.1. The summed E-state index contributed by atoms with van der Waals surface area (Å²) in [5.41, 5.74) is 1.54. The van der Waals surface area contributed by atoms with Crippen molar-refractivity contribution in [1.82, 2.24) is 0 Å². The highest BCUT2D eigenvalue weighted by Gasteiger charge is 2.94. The van der Waals surface area contributed by atoms with Gasteiger partial charge >= 0.3 is 36.2 Å². The quantitative estimate of drug-likeness (QED) is 0.125. The van der Waals surface area contributed by atoms with Crippen molar-refractivity contribution in [1.29, 1.82) is 0 Å². The van der Waals surface area contributed by atoms with Crippen molar-refractivity contribution < 1.29 is 62.0 Å². The summed E-state index contributed by atoms with van der Waals surface area (Å²) in [4.78, 5) is 82.6. The third-order valence-electron chi connectivity index (χ3n) is 17.3. The van der Waals surface area contributed by atoms with Crippen LogP contribution in [0.2, 0.25) is 0 Å². The van der Waals surface area contributed by atoms with Crippen LogP contribution in [0.5, 0.6) is 0 Å². The molecule has 9 rings (SSSR count). The molecule has 0 unspecified atom stereocenters. The van der Waals surface area contributed by atoms with Crippen LogP contribution in [-0.2, 0) is 62.0 Å². The molecule has 0 radical (unpaired) electrons. The molecule has 0 N–H and O–H groups in total. The third-order valence-corrected chi connectivity index (χ3v) is 17.3. The maximum absolute atomic E-state index is 13.3. The lowest BCUT2D eigenvalue weighted by molar-refractivity contribution is -0.193. The Balaban J connectivity index is 0.000000181. The Morgan fingerprint density at radius 1 is 0.738 bits per heavy atom. The second-order valence-corrected chi connectivity index (χ2v) is 20.1. The Morgan fingerprint density at radius 3 is 1.82 bits per heavy atom. The first-order valence-corrected chi connectivity index (χ1v) is 21.2. The van der Waals surface area contributed by atoms with Crippen LogP contribution in [0, 0.1) is 57.2 Å². The average molecular weight is 845 g/mol. The van der Waals surface area contributed by atoms with Crippen molar-refractivity contribution in [2.45, 2.75) is 129 Å². The molecule has 1 heterocycles. The van der Waals surface area contributed by atoms with Crippen LogP contribution in [0.3, 0.4) is 0 Å². The van der Waals surface area contributed by atoms with Crippen LogP contribution in [-0.4, -0.2) is 72.8 Å². The van der Waals surface area contributed by atoms with Gasteiger partial charge in [-0.05, 0) is 77.9 Å². The van der Waals surface area contributed by atoms with E-state index in [-0.39, 0.29) is 81.7 Å². The predicted octanol–water partition coefficient (Wildman–Crippen LogP) is 6.78. The second kappa shape index (κ2) is 15.0. The van der Waals surface area contributed by atoms with Gasteiger partial charge in [0.05, 0.1) is 26.1 Å². The average Bonchev–Trinajstić information content (AvgIpc) is 3.39. The lowest BCUT2D eigenvalue weighted by atomic mass is 9.58. The summed E-state index contributed by atoms with van der Waals surface area (Å²) in [6.07, 6.45) is 15.2. The molecule has 13 nitrogen and oxygen atoms in total. The number of rotatable bonds is 4. The Hall–Kier alpha value is -4.70. The number of epoxide rings is 1. The zero-order chi connectivity index (χ0) is 45.5. The van der Waals surface area contributed by atoms with Gasteiger partial charge in [-0.2, -0.15) is 19.2 Å². The predicted molar refractivity (Wildman–Crippen MR) is 215 cm³/mol. The molecule has 4 spiro atoms. The van der Waals surface area contributed by atoms with Crippen LogP contribution >= 0.6 is 0 Å². The van der Waals surface area contributed by atoms with Crippen molar-refractivity contribution in [2.24, 2.45) is 57.2 Å². The fourth-order valence-corrected chi connectivity index (χ4v) is 14.3. The number of ether oxygens (including phenoxy) is 5. The summed E-state index contributed by atoms with van der Waals surface area (Å²) in [5, 5.41) is 0. The van der Waals surface area contributed by atoms with Gasteiger partial charge in [0.25, 0.3) is 0 Å². The first-order chi connectivity index (χ1) is 28.4. The van der Waals surface area contributed by atoms with Gasteiger partial charge in [0.2, 0.25) is 0 Å². The number of esters is 4. The first-order valence-electron chi connectivity index (χ1n) is 21.2. The molecule has 5 saturated carbocycles. The van der Waals surface area contributed by atoms with E-state index in [4.69, 9.17) is 42.9 Å². The van der Waals surface area contributed by atoms with E-state index in [1.54, 1.807) is 0 Å². The monoisotopic (exact) mass is 844 g/mol. The number of fused-ring (bicyclic) bond motifs is 3. The molecule has 0 aromatic heterocycles. The number of hydrogen-bond acceptors (Lipinski definition) is 13. The SMILES string of the molecule is C=C1C[C@]23C[C@@]1(OC(C)=O)CCC2=C1C=C[C@H](C)C(C)(C)[C@H]1[C@@H]3C(=O)OC.C=C1C[C@]23C[C@@]1(OC(C)=O)CC[C@@]21O[C@]12C=C[C@H](C)C(C)(C)[C@H]2[C@@H]3C(=O)OC.O=C=O.O=C=O. The third kappa shape index (κ3) is 6.04. The van der Waals surface area contributed by atoms with Gasteiger partial charge in [-0.1, -0.05) is 84.6 Å². The van der Waals surface area contributed by atoms with Gasteiger partial charge in [-0.15, -0.1) is 0 Å². The summed E-state index contributed by atoms with van der Waals surface area (Å²) in [6.45, 7) is 25.0. The largest absolute Gasteiger partial charge is 0.469 e. The van der Waals surface area contributed by atoms with Crippen molar-refractivity contribution in [2.75, 3.05) is 14.2 Å². The molecule has 12 atom stereocenters. The number of hydrogen-bond donors (Lipinski definition) is 0. The summed E-state index contributed by atoms with van der Waals surface area (Å²) >= 11 is 0. The fraction of sp³-hybridized carbons (Fsp3) is 0.667. The van der Waals surface area contributed by atoms with Crippen LogP contribution in [0.1, 0.15) is 107 Å². The maximum atomic E-state index is 13.3. The van der Waals surface area contributed by atoms with Crippen LogP contribution in [0.4, 0.5) is 0 Å². The van der Waals surface area contributed by atoms with Crippen molar-refractivity contribution in [3.63, 3.8) is 0 Å². The Labute approximate surface area is 357 Å². The summed E-state index contributed by atoms with van der Waals surface area (Å²) in [7, 11) is 2.96. The molecule has 8 aliphatic carbocycles. The lowest BCUT2D eigenvalue weighted by Gasteiger charge is -2.48. The molecule has 330 valence electrons. The van der Waals surface area contributed by atoms with Gasteiger partial charge in [0.15, 0.2) is 0 Å². The molecule has 6 fully saturated rings. The van der Waals surface area contributed by atoms with E-state index in [0.29, 0.717) is 43.9 Å². The molecular weight excluding hydrogens is 785 g/mol. The highest BCUT2D eigenvalue weighted by Crippen LogP contribution is 2.86. The molecule has 0 aromatic carbocycles. The molecule has 1 saturated heterocycles. The van der Waals surface area contributed by atoms with Gasteiger partial charge in [-0.25, -0.2) is 0 Å². The molecule has 1 aliphatic heterocycles. The normalized spacial score (nSPS) is 42.3. The Morgan fingerprint density at radius 2 is 1.26 bits per heavy atom. The molecule has 0 aromatic rings. The Bertz CT molecular complexity index is 2100. The van der Waals surface area contributed by atoms with E-state index in [1.165, 1.54) is 39.2 Å². The van der Waals surface area contributed by atoms with Gasteiger partial charge in [-0.3, -0.25) is 19.2 Å². The van der Waals surface area contributed by atoms with E-state index in [9.17, 15) is 19.2 Å². The first kappa shape index (κ1) is 45.8. The van der Waals surface area contributed by atoms with E-state index in [0.717, 1.165) is 30.4 Å². The van der Waals surface area contributed by atoms with Crippen LogP contribution < -0.4 is 0 Å². The van der Waals surface area contributed by atoms with E-state index >= 15 is 0 Å². The van der Waals surface area contributed by atoms with Gasteiger partial charge < -0.3 is 23.7 Å². The smallest absolute Gasteiger partial charge is 0.373 e. The summed E-state index contributed by atoms with van der Waals surface area (Å²) < 4.78 is 29.1. The van der Waals surface area contributed by atoms with Crippen molar-refractivity contribution in [3.8, 4) is 0 Å². The van der Waals surface area contributed by atoms with Gasteiger partial charge in [0.1, 0.15) is 22.4 Å². The van der Waals surface area contributed by atoms with Crippen LogP contribution in [0.25, 0.3) is 0 Å². The fourth-order valence-electron chi connectivity index (χ4n) is 14.3. The zero-order valence-corrected chi connectivity index (χ0v) is 37.2. The van der Waals surface area contributed by atoms with E-state index in [2.05, 4.69) is 79.0 Å². The van der Waals surface area contributed by atoms with Crippen molar-refractivity contribution in [3.05, 3.63) is 59.8 Å². The van der Waals surface area contributed by atoms with Crippen molar-refractivity contribution >= 4 is 36.2 Å². The minimum absolute atomic E-state index is 0.0338. The zero-order valence-electron chi connectivity index (χ0n) is 37.2. The van der Waals surface area contributed by atoms with Crippen LogP contribution in [0.15, 0.2) is 59.8 Å². The molecule has 61 heavy (non-hydrogen) atoms. The van der Waals surface area contributed by atoms with E-state index in [1.807, 2.05) is 0 Å². The summed E-state index contributed by atoms with van der Waals surface area (Å²) in [6, 6.07) is 0. The maximum Gasteiger partial charge on any atom is 0.373 e. The van der Waals surface area contributed by atoms with E-state index < -0.39 is 22.2 Å². The molecular formula is C48H60O13. The highest BCUT2D eigenvalue weighted by atomic mass is 16.6. The minimum atomic E-state index is -0.677. The van der Waals surface area contributed by atoms with Gasteiger partial charge in [0, 0.05) is 49.4 Å². The molecule has 0 amide bonds. The molecule has 4 bridgehead atoms. The molecule has 13 heteroatoms. The molecule has 9 aliphatic rings. The number of carbonyl (C=O) groups is 4. The Kier molecular flexibility index (Phi) is 11.3. The number of carbonyl (C=O) groups excluding carboxylic acids is 8.